The number of aromatic nitrogens is 4. The number of hydrogen-bond acceptors (Lipinski definition) is 5. The number of H-pyrrole nitrogens is 1. The highest BCUT2D eigenvalue weighted by Crippen LogP contribution is 2.37. The SMILES string of the molecule is CC(NCC1CCN(c2c(F)cc(-c3nn[nH]n3)cc2F)CC1c1ccccc1)c1cccc2ccccc12. The van der Waals surface area contributed by atoms with Gasteiger partial charge in [-0.2, -0.15) is 5.21 Å². The van der Waals surface area contributed by atoms with Crippen molar-refractivity contribution in [2.75, 3.05) is 24.5 Å². The number of piperidine rings is 1. The number of nitrogens with one attached hydrogen (secondary N) is 2. The van der Waals surface area contributed by atoms with Gasteiger partial charge in [0.15, 0.2) is 0 Å². The zero-order chi connectivity index (χ0) is 26.8. The number of nitrogens with zero attached hydrogens (tertiary/aromatic N) is 4. The van der Waals surface area contributed by atoms with Gasteiger partial charge in [-0.05, 0) is 65.1 Å². The van der Waals surface area contributed by atoms with E-state index >= 15 is 8.78 Å². The number of aromatic amines is 1. The fourth-order valence-corrected chi connectivity index (χ4v) is 5.87. The monoisotopic (exact) mass is 524 g/mol. The number of benzene rings is 4. The van der Waals surface area contributed by atoms with Crippen LogP contribution in [0.4, 0.5) is 14.5 Å². The van der Waals surface area contributed by atoms with Crippen molar-refractivity contribution in [3.8, 4) is 11.4 Å². The smallest absolute Gasteiger partial charge is 0.204 e. The Morgan fingerprint density at radius 2 is 1.72 bits per heavy atom. The second-order valence-electron chi connectivity index (χ2n) is 10.2. The van der Waals surface area contributed by atoms with E-state index in [1.165, 1.54) is 34.0 Å². The average Bonchev–Trinajstić information content (AvgIpc) is 3.51. The molecule has 1 fully saturated rings. The molecule has 1 aromatic heterocycles. The van der Waals surface area contributed by atoms with Crippen LogP contribution in [0.5, 0.6) is 0 Å². The molecule has 2 N–H and O–H groups in total. The van der Waals surface area contributed by atoms with Gasteiger partial charge in [-0.15, -0.1) is 10.2 Å². The highest BCUT2D eigenvalue weighted by atomic mass is 19.1. The van der Waals surface area contributed by atoms with Gasteiger partial charge < -0.3 is 10.2 Å². The molecule has 0 aliphatic carbocycles. The van der Waals surface area contributed by atoms with Crippen molar-refractivity contribution >= 4 is 16.5 Å². The fourth-order valence-electron chi connectivity index (χ4n) is 5.87. The van der Waals surface area contributed by atoms with E-state index in [1.54, 1.807) is 0 Å². The summed E-state index contributed by atoms with van der Waals surface area (Å²) in [6, 6.07) is 27.9. The van der Waals surface area contributed by atoms with Crippen LogP contribution in [0.1, 0.15) is 36.4 Å². The molecule has 4 aromatic carbocycles. The lowest BCUT2D eigenvalue weighted by Crippen LogP contribution is -2.43. The summed E-state index contributed by atoms with van der Waals surface area (Å²) in [6.45, 7) is 4.09. The molecule has 6 nitrogen and oxygen atoms in total. The molecule has 39 heavy (non-hydrogen) atoms. The van der Waals surface area contributed by atoms with Gasteiger partial charge >= 0.3 is 0 Å². The van der Waals surface area contributed by atoms with E-state index in [9.17, 15) is 0 Å². The first kappa shape index (κ1) is 25.1. The van der Waals surface area contributed by atoms with Gasteiger partial charge in [0.2, 0.25) is 5.82 Å². The average molecular weight is 525 g/mol. The molecule has 1 aliphatic heterocycles. The van der Waals surface area contributed by atoms with Gasteiger partial charge in [-0.1, -0.05) is 72.8 Å². The second-order valence-corrected chi connectivity index (χ2v) is 10.2. The van der Waals surface area contributed by atoms with Crippen molar-refractivity contribution in [3.05, 3.63) is 108 Å². The molecule has 2 heterocycles. The van der Waals surface area contributed by atoms with Gasteiger partial charge in [0.05, 0.1) is 0 Å². The number of rotatable bonds is 7. The number of anilines is 1. The molecule has 6 rings (SSSR count). The maximum atomic E-state index is 15.3. The van der Waals surface area contributed by atoms with Crippen LogP contribution in [-0.2, 0) is 0 Å². The summed E-state index contributed by atoms with van der Waals surface area (Å²) in [5.74, 6) is -0.661. The van der Waals surface area contributed by atoms with Crippen molar-refractivity contribution in [1.29, 1.82) is 0 Å². The van der Waals surface area contributed by atoms with Crippen molar-refractivity contribution < 1.29 is 8.78 Å². The largest absolute Gasteiger partial charge is 0.366 e. The molecule has 3 unspecified atom stereocenters. The van der Waals surface area contributed by atoms with Gasteiger partial charge in [0.25, 0.3) is 0 Å². The van der Waals surface area contributed by atoms with Gasteiger partial charge in [-0.25, -0.2) is 8.78 Å². The molecule has 0 amide bonds. The highest BCUT2D eigenvalue weighted by molar-refractivity contribution is 5.86. The molecule has 0 saturated carbocycles. The second kappa shape index (κ2) is 10.9. The van der Waals surface area contributed by atoms with Crippen LogP contribution in [0, 0.1) is 17.6 Å². The Bertz CT molecular complexity index is 1530. The van der Waals surface area contributed by atoms with Crippen LogP contribution in [0.2, 0.25) is 0 Å². The van der Waals surface area contributed by atoms with Crippen LogP contribution in [0.25, 0.3) is 22.2 Å². The summed E-state index contributed by atoms with van der Waals surface area (Å²) in [7, 11) is 0. The third kappa shape index (κ3) is 5.12. The molecule has 1 saturated heterocycles. The standard InChI is InChI=1S/C31H30F2N6/c1-20(25-13-7-11-21-10-5-6-12-26(21)25)34-18-23-14-15-39(19-27(23)22-8-3-2-4-9-22)30-28(32)16-24(17-29(30)33)31-35-37-38-36-31/h2-13,16-17,20,23,27,34H,14-15,18-19H2,1H3,(H,35,36,37,38). The van der Waals surface area contributed by atoms with E-state index in [4.69, 9.17) is 0 Å². The normalized spacial score (nSPS) is 18.4. The molecule has 5 aromatic rings. The van der Waals surface area contributed by atoms with Crippen molar-refractivity contribution in [3.63, 3.8) is 0 Å². The van der Waals surface area contributed by atoms with E-state index in [-0.39, 0.29) is 29.0 Å². The summed E-state index contributed by atoms with van der Waals surface area (Å²) in [5.41, 5.74) is 2.70. The maximum Gasteiger partial charge on any atom is 0.204 e. The molecule has 198 valence electrons. The number of hydrogen-bond donors (Lipinski definition) is 2. The lowest BCUT2D eigenvalue weighted by atomic mass is 9.80. The zero-order valence-corrected chi connectivity index (χ0v) is 21.7. The van der Waals surface area contributed by atoms with Crippen LogP contribution in [0.3, 0.4) is 0 Å². The molecule has 0 bridgehead atoms. The lowest BCUT2D eigenvalue weighted by molar-refractivity contribution is 0.322. The number of tetrazole rings is 1. The summed E-state index contributed by atoms with van der Waals surface area (Å²) in [5, 5.41) is 19.8. The van der Waals surface area contributed by atoms with Crippen molar-refractivity contribution in [2.24, 2.45) is 5.92 Å². The molecule has 0 radical (unpaired) electrons. The van der Waals surface area contributed by atoms with Crippen molar-refractivity contribution in [2.45, 2.75) is 25.3 Å². The van der Waals surface area contributed by atoms with E-state index in [0.717, 1.165) is 13.0 Å². The maximum absolute atomic E-state index is 15.3. The summed E-state index contributed by atoms with van der Waals surface area (Å²) in [6.07, 6.45) is 0.806. The molecule has 8 heteroatoms. The Labute approximate surface area is 226 Å². The van der Waals surface area contributed by atoms with Gasteiger partial charge in [0, 0.05) is 30.6 Å². The third-order valence-electron chi connectivity index (χ3n) is 7.90. The zero-order valence-electron chi connectivity index (χ0n) is 21.7. The first-order valence-corrected chi connectivity index (χ1v) is 13.3. The highest BCUT2D eigenvalue weighted by Gasteiger charge is 2.33. The minimum Gasteiger partial charge on any atom is -0.366 e. The summed E-state index contributed by atoms with van der Waals surface area (Å²) < 4.78 is 30.6. The lowest BCUT2D eigenvalue weighted by Gasteiger charge is -2.41. The minimum absolute atomic E-state index is 0.00120. The van der Waals surface area contributed by atoms with E-state index in [2.05, 4.69) is 87.5 Å². The number of fused-ring (bicyclic) bond motifs is 1. The first-order chi connectivity index (χ1) is 19.1. The van der Waals surface area contributed by atoms with Gasteiger partial charge in [0.1, 0.15) is 17.3 Å². The predicted octanol–water partition coefficient (Wildman–Crippen LogP) is 6.26. The van der Waals surface area contributed by atoms with Gasteiger partial charge in [-0.3, -0.25) is 0 Å². The molecule has 0 spiro atoms. The quantitative estimate of drug-likeness (QED) is 0.263. The van der Waals surface area contributed by atoms with Crippen LogP contribution in [0.15, 0.2) is 84.9 Å². The van der Waals surface area contributed by atoms with Crippen LogP contribution in [-0.4, -0.2) is 40.3 Å². The van der Waals surface area contributed by atoms with Crippen LogP contribution >= 0.6 is 0 Å². The van der Waals surface area contributed by atoms with E-state index in [1.807, 2.05) is 23.1 Å². The molecule has 3 atom stereocenters. The van der Waals surface area contributed by atoms with Crippen LogP contribution < -0.4 is 10.2 Å². The fraction of sp³-hybridized carbons (Fsp3) is 0.258. The number of halogens is 2. The first-order valence-electron chi connectivity index (χ1n) is 13.3. The Hall–Kier alpha value is -4.17. The predicted molar refractivity (Wildman–Crippen MR) is 149 cm³/mol. The Kier molecular flexibility index (Phi) is 7.02. The molecular formula is C31H30F2N6. The summed E-state index contributed by atoms with van der Waals surface area (Å²) in [4.78, 5) is 1.84. The van der Waals surface area contributed by atoms with Crippen molar-refractivity contribution in [1.82, 2.24) is 25.9 Å². The van der Waals surface area contributed by atoms with E-state index in [0.29, 0.717) is 19.0 Å². The topological polar surface area (TPSA) is 69.7 Å². The Balaban J connectivity index is 1.23. The Morgan fingerprint density at radius 3 is 2.49 bits per heavy atom. The van der Waals surface area contributed by atoms with E-state index < -0.39 is 11.6 Å². The minimum atomic E-state index is -0.622. The molecular weight excluding hydrogens is 494 g/mol. The third-order valence-corrected chi connectivity index (χ3v) is 7.90. The molecule has 1 aliphatic rings. The summed E-state index contributed by atoms with van der Waals surface area (Å²) >= 11 is 0. The Morgan fingerprint density at radius 1 is 0.974 bits per heavy atom.